The highest BCUT2D eigenvalue weighted by Gasteiger charge is 2.13. The Morgan fingerprint density at radius 3 is 2.16 bits per heavy atom. The fraction of sp³-hybridized carbons (Fsp3) is 0.300. The van der Waals surface area contributed by atoms with Crippen LogP contribution in [0, 0.1) is 0 Å². The first-order chi connectivity index (χ1) is 12.0. The van der Waals surface area contributed by atoms with Gasteiger partial charge in [0.15, 0.2) is 0 Å². The molecule has 0 aromatic heterocycles. The van der Waals surface area contributed by atoms with Crippen molar-refractivity contribution >= 4 is 11.9 Å². The molecule has 0 unspecified atom stereocenters. The number of hydrogen-bond acceptors (Lipinski definition) is 5. The van der Waals surface area contributed by atoms with Crippen LogP contribution in [0.4, 0.5) is 0 Å². The van der Waals surface area contributed by atoms with Crippen LogP contribution in [-0.4, -0.2) is 24.6 Å². The summed E-state index contributed by atoms with van der Waals surface area (Å²) >= 11 is 0. The minimum atomic E-state index is -0.517. The smallest absolute Gasteiger partial charge is 0.343 e. The molecule has 0 spiro atoms. The average molecular weight is 342 g/mol. The lowest BCUT2D eigenvalue weighted by molar-refractivity contribution is 0.0376. The van der Waals surface area contributed by atoms with Gasteiger partial charge in [-0.3, -0.25) is 0 Å². The monoisotopic (exact) mass is 342 g/mol. The summed E-state index contributed by atoms with van der Waals surface area (Å²) < 4.78 is 16.0. The Bertz CT molecular complexity index is 736. The molecule has 2 aromatic carbocycles. The van der Waals surface area contributed by atoms with Crippen molar-refractivity contribution in [2.75, 3.05) is 6.61 Å². The number of hydrogen-bond donors (Lipinski definition) is 0. The molecule has 25 heavy (non-hydrogen) atoms. The first-order valence-corrected chi connectivity index (χ1v) is 8.25. The number of rotatable bonds is 7. The van der Waals surface area contributed by atoms with Crippen molar-refractivity contribution in [1.82, 2.24) is 0 Å². The zero-order valence-corrected chi connectivity index (χ0v) is 14.7. The fourth-order valence-electron chi connectivity index (χ4n) is 2.07. The number of ether oxygens (including phenoxy) is 3. The van der Waals surface area contributed by atoms with Crippen molar-refractivity contribution in [3.63, 3.8) is 0 Å². The third-order valence-corrected chi connectivity index (χ3v) is 3.17. The molecule has 2 rings (SSSR count). The summed E-state index contributed by atoms with van der Waals surface area (Å²) in [4.78, 5) is 24.2. The van der Waals surface area contributed by atoms with Crippen molar-refractivity contribution in [3.05, 3.63) is 59.7 Å². The number of esters is 2. The van der Waals surface area contributed by atoms with Crippen molar-refractivity contribution in [2.45, 2.75) is 33.3 Å². The SMILES string of the molecule is CCCOc1cccc(C(=O)Oc2cccc(C(=O)OC(C)C)c2)c1. The van der Waals surface area contributed by atoms with E-state index in [9.17, 15) is 9.59 Å². The van der Waals surface area contributed by atoms with Crippen LogP contribution < -0.4 is 9.47 Å². The molecule has 0 N–H and O–H groups in total. The van der Waals surface area contributed by atoms with Gasteiger partial charge in [0, 0.05) is 0 Å². The maximum atomic E-state index is 12.3. The van der Waals surface area contributed by atoms with Gasteiger partial charge in [-0.05, 0) is 56.7 Å². The summed E-state index contributed by atoms with van der Waals surface area (Å²) in [6, 6.07) is 13.2. The zero-order valence-electron chi connectivity index (χ0n) is 14.7. The van der Waals surface area contributed by atoms with Gasteiger partial charge in [0.25, 0.3) is 0 Å². The summed E-state index contributed by atoms with van der Waals surface area (Å²) in [5, 5.41) is 0. The van der Waals surface area contributed by atoms with Crippen LogP contribution in [0.25, 0.3) is 0 Å². The van der Waals surface area contributed by atoms with Gasteiger partial charge in [-0.15, -0.1) is 0 Å². The lowest BCUT2D eigenvalue weighted by Gasteiger charge is -2.10. The molecule has 2 aromatic rings. The average Bonchev–Trinajstić information content (AvgIpc) is 2.60. The molecule has 0 aliphatic carbocycles. The van der Waals surface area contributed by atoms with E-state index in [1.54, 1.807) is 56.3 Å². The first-order valence-electron chi connectivity index (χ1n) is 8.25. The van der Waals surface area contributed by atoms with E-state index in [1.807, 2.05) is 6.92 Å². The van der Waals surface area contributed by atoms with Gasteiger partial charge in [-0.2, -0.15) is 0 Å². The summed E-state index contributed by atoms with van der Waals surface area (Å²) in [6.45, 7) is 6.14. The van der Waals surface area contributed by atoms with E-state index in [1.165, 1.54) is 6.07 Å². The molecular weight excluding hydrogens is 320 g/mol. The number of benzene rings is 2. The molecular formula is C20H22O5. The Morgan fingerprint density at radius 1 is 0.920 bits per heavy atom. The largest absolute Gasteiger partial charge is 0.494 e. The van der Waals surface area contributed by atoms with Crippen molar-refractivity contribution < 1.29 is 23.8 Å². The second-order valence-electron chi connectivity index (χ2n) is 5.75. The van der Waals surface area contributed by atoms with Crippen LogP contribution in [0.1, 0.15) is 47.9 Å². The van der Waals surface area contributed by atoms with Gasteiger partial charge >= 0.3 is 11.9 Å². The predicted octanol–water partition coefficient (Wildman–Crippen LogP) is 4.26. The molecule has 132 valence electrons. The molecule has 0 fully saturated rings. The van der Waals surface area contributed by atoms with Gasteiger partial charge in [-0.1, -0.05) is 19.1 Å². The Kier molecular flexibility index (Phi) is 6.57. The highest BCUT2D eigenvalue weighted by Crippen LogP contribution is 2.19. The van der Waals surface area contributed by atoms with Crippen LogP contribution in [0.5, 0.6) is 11.5 Å². The fourth-order valence-corrected chi connectivity index (χ4v) is 2.07. The lowest BCUT2D eigenvalue weighted by atomic mass is 10.2. The molecule has 0 saturated heterocycles. The molecule has 5 heteroatoms. The summed E-state index contributed by atoms with van der Waals surface area (Å²) in [7, 11) is 0. The molecule has 5 nitrogen and oxygen atoms in total. The van der Waals surface area contributed by atoms with Gasteiger partial charge in [0.2, 0.25) is 0 Å². The van der Waals surface area contributed by atoms with Crippen LogP contribution in [0.2, 0.25) is 0 Å². The quantitative estimate of drug-likeness (QED) is 0.556. The van der Waals surface area contributed by atoms with E-state index < -0.39 is 11.9 Å². The van der Waals surface area contributed by atoms with E-state index in [0.717, 1.165) is 6.42 Å². The lowest BCUT2D eigenvalue weighted by Crippen LogP contribution is -2.12. The predicted molar refractivity (Wildman–Crippen MR) is 94.2 cm³/mol. The van der Waals surface area contributed by atoms with E-state index in [2.05, 4.69) is 0 Å². The van der Waals surface area contributed by atoms with Gasteiger partial charge in [0.1, 0.15) is 11.5 Å². The van der Waals surface area contributed by atoms with Gasteiger partial charge < -0.3 is 14.2 Å². The topological polar surface area (TPSA) is 61.8 Å². The standard InChI is InChI=1S/C20H22O5/c1-4-11-23-17-9-5-7-15(12-17)20(22)25-18-10-6-8-16(13-18)19(21)24-14(2)3/h5-10,12-14H,4,11H2,1-3H3. The Balaban J connectivity index is 2.09. The van der Waals surface area contributed by atoms with Crippen molar-refractivity contribution in [1.29, 1.82) is 0 Å². The molecule has 0 aliphatic heterocycles. The van der Waals surface area contributed by atoms with Crippen LogP contribution in [0.15, 0.2) is 48.5 Å². The summed E-state index contributed by atoms with van der Waals surface area (Å²) in [6.07, 6.45) is 0.665. The van der Waals surface area contributed by atoms with Crippen molar-refractivity contribution in [3.8, 4) is 11.5 Å². The minimum Gasteiger partial charge on any atom is -0.494 e. The molecule has 0 aliphatic rings. The number of carbonyl (C=O) groups excluding carboxylic acids is 2. The normalized spacial score (nSPS) is 10.4. The highest BCUT2D eigenvalue weighted by molar-refractivity contribution is 5.93. The maximum Gasteiger partial charge on any atom is 0.343 e. The minimum absolute atomic E-state index is 0.218. The van der Waals surface area contributed by atoms with E-state index in [4.69, 9.17) is 14.2 Å². The third kappa shape index (κ3) is 5.64. The number of carbonyl (C=O) groups is 2. The second kappa shape index (κ2) is 8.87. The molecule has 0 radical (unpaired) electrons. The molecule has 0 atom stereocenters. The first kappa shape index (κ1) is 18.5. The maximum absolute atomic E-state index is 12.3. The molecule has 0 heterocycles. The highest BCUT2D eigenvalue weighted by atomic mass is 16.5. The van der Waals surface area contributed by atoms with E-state index in [-0.39, 0.29) is 11.9 Å². The second-order valence-corrected chi connectivity index (χ2v) is 5.75. The Hall–Kier alpha value is -2.82. The van der Waals surface area contributed by atoms with Crippen LogP contribution in [0.3, 0.4) is 0 Å². The van der Waals surface area contributed by atoms with Gasteiger partial charge in [0.05, 0.1) is 23.8 Å². The molecule has 0 bridgehead atoms. The van der Waals surface area contributed by atoms with E-state index >= 15 is 0 Å². The summed E-state index contributed by atoms with van der Waals surface area (Å²) in [5.74, 6) is -0.0761. The van der Waals surface area contributed by atoms with Gasteiger partial charge in [-0.25, -0.2) is 9.59 Å². The van der Waals surface area contributed by atoms with Crippen LogP contribution >= 0.6 is 0 Å². The third-order valence-electron chi connectivity index (χ3n) is 3.17. The zero-order chi connectivity index (χ0) is 18.2. The molecule has 0 amide bonds. The molecule has 0 saturated carbocycles. The van der Waals surface area contributed by atoms with E-state index in [0.29, 0.717) is 23.5 Å². The Morgan fingerprint density at radius 2 is 1.52 bits per heavy atom. The Labute approximate surface area is 147 Å². The summed E-state index contributed by atoms with van der Waals surface area (Å²) in [5.41, 5.74) is 0.711. The van der Waals surface area contributed by atoms with Crippen LogP contribution in [-0.2, 0) is 4.74 Å². The van der Waals surface area contributed by atoms with Crippen molar-refractivity contribution in [2.24, 2.45) is 0 Å².